The number of aromatic nitrogens is 3. The molecule has 13 heteroatoms. The van der Waals surface area contributed by atoms with Crippen molar-refractivity contribution in [3.63, 3.8) is 0 Å². The van der Waals surface area contributed by atoms with Crippen molar-refractivity contribution < 1.29 is 27.9 Å². The van der Waals surface area contributed by atoms with Gasteiger partial charge in [-0.25, -0.2) is 18.0 Å². The fraction of sp³-hybridized carbons (Fsp3) is 0.286. The van der Waals surface area contributed by atoms with Gasteiger partial charge in [0.15, 0.2) is 5.82 Å². The molecule has 10 nitrogen and oxygen atoms in total. The van der Waals surface area contributed by atoms with E-state index in [4.69, 9.17) is 5.11 Å². The molecule has 1 saturated heterocycles. The number of fused-ring (bicyclic) bond motifs is 1. The highest BCUT2D eigenvalue weighted by Gasteiger charge is 2.23. The van der Waals surface area contributed by atoms with Crippen LogP contribution in [-0.2, 0) is 6.54 Å². The van der Waals surface area contributed by atoms with Gasteiger partial charge < -0.3 is 25.5 Å². The number of benzene rings is 2. The molecule has 0 saturated carbocycles. The molecular weight excluding hydrogens is 539 g/mol. The first-order chi connectivity index (χ1) is 19.6. The van der Waals surface area contributed by atoms with Crippen molar-refractivity contribution in [3.8, 4) is 11.3 Å². The lowest BCUT2D eigenvalue weighted by atomic mass is 10.1. The van der Waals surface area contributed by atoms with Crippen LogP contribution in [0.2, 0.25) is 0 Å². The molecule has 4 aromatic rings. The third kappa shape index (κ3) is 5.94. The Balaban J connectivity index is 1.35. The molecule has 2 aromatic heterocycles. The Hall–Kier alpha value is -4.65. The van der Waals surface area contributed by atoms with Crippen LogP contribution in [0.5, 0.6) is 0 Å². The van der Waals surface area contributed by atoms with E-state index in [9.17, 15) is 22.8 Å². The Labute approximate surface area is 233 Å². The fourth-order valence-corrected chi connectivity index (χ4v) is 4.66. The number of carbonyl (C=O) groups excluding carboxylic acids is 1. The van der Waals surface area contributed by atoms with Crippen LogP contribution in [0.1, 0.15) is 29.8 Å². The van der Waals surface area contributed by atoms with Gasteiger partial charge in [-0.1, -0.05) is 13.8 Å². The molecule has 2 amide bonds. The molecule has 41 heavy (non-hydrogen) atoms. The SMILES string of the molecule is CC(C)NCc1cc(F)c(-c2cc3c(NC(=O)c4ccc(N5CCN(C(=O)O)CC5)cc4F)n[nH]c3cn2)c(F)c1. The summed E-state index contributed by atoms with van der Waals surface area (Å²) in [6.07, 6.45) is 0.347. The zero-order valence-corrected chi connectivity index (χ0v) is 22.3. The Morgan fingerprint density at radius 3 is 2.37 bits per heavy atom. The van der Waals surface area contributed by atoms with Gasteiger partial charge in [-0.2, -0.15) is 5.10 Å². The molecule has 1 aliphatic rings. The standard InChI is InChI=1S/C28H28F3N7O3/c1-15(2)32-13-16-9-21(30)25(22(31)10-16)23-12-19-24(14-33-23)35-36-26(19)34-27(39)18-4-3-17(11-20(18)29)37-5-7-38(8-6-37)28(40)41/h3-4,9-12,14-15,32H,5-8,13H2,1-2H3,(H,40,41)(H2,34,35,36,39). The van der Waals surface area contributed by atoms with Crippen LogP contribution in [0.15, 0.2) is 42.6 Å². The molecule has 1 fully saturated rings. The second-order valence-electron chi connectivity index (χ2n) is 10.0. The summed E-state index contributed by atoms with van der Waals surface area (Å²) in [5.41, 5.74) is 0.839. The highest BCUT2D eigenvalue weighted by atomic mass is 19.1. The minimum Gasteiger partial charge on any atom is -0.465 e. The van der Waals surface area contributed by atoms with Gasteiger partial charge in [0.1, 0.15) is 17.5 Å². The number of anilines is 2. The van der Waals surface area contributed by atoms with Gasteiger partial charge >= 0.3 is 6.09 Å². The van der Waals surface area contributed by atoms with Gasteiger partial charge in [0.05, 0.1) is 28.5 Å². The van der Waals surface area contributed by atoms with Crippen LogP contribution in [0.4, 0.5) is 29.5 Å². The number of aromatic amines is 1. The lowest BCUT2D eigenvalue weighted by molar-refractivity contribution is 0.102. The van der Waals surface area contributed by atoms with Gasteiger partial charge in [-0.15, -0.1) is 0 Å². The van der Waals surface area contributed by atoms with Gasteiger partial charge in [0.2, 0.25) is 0 Å². The van der Waals surface area contributed by atoms with E-state index in [0.717, 1.165) is 0 Å². The largest absolute Gasteiger partial charge is 0.465 e. The number of hydrogen-bond acceptors (Lipinski definition) is 6. The van der Waals surface area contributed by atoms with Crippen molar-refractivity contribution in [2.24, 2.45) is 0 Å². The summed E-state index contributed by atoms with van der Waals surface area (Å²) in [7, 11) is 0. The first-order valence-corrected chi connectivity index (χ1v) is 13.0. The third-order valence-corrected chi connectivity index (χ3v) is 6.86. The predicted molar refractivity (Wildman–Crippen MR) is 147 cm³/mol. The number of amides is 2. The number of halogens is 3. The van der Waals surface area contributed by atoms with Crippen LogP contribution in [-0.4, -0.2) is 69.4 Å². The van der Waals surface area contributed by atoms with E-state index in [2.05, 4.69) is 25.8 Å². The van der Waals surface area contributed by atoms with Gasteiger partial charge in [-0.3, -0.25) is 14.9 Å². The Morgan fingerprint density at radius 2 is 1.73 bits per heavy atom. The molecule has 0 aliphatic carbocycles. The van der Waals surface area contributed by atoms with E-state index in [1.807, 2.05) is 18.7 Å². The molecule has 0 atom stereocenters. The van der Waals surface area contributed by atoms with Crippen LogP contribution in [0.25, 0.3) is 22.2 Å². The van der Waals surface area contributed by atoms with Crippen LogP contribution >= 0.6 is 0 Å². The second kappa shape index (κ2) is 11.5. The second-order valence-corrected chi connectivity index (χ2v) is 10.0. The lowest BCUT2D eigenvalue weighted by Crippen LogP contribution is -2.48. The Morgan fingerprint density at radius 1 is 1.02 bits per heavy atom. The summed E-state index contributed by atoms with van der Waals surface area (Å²) >= 11 is 0. The zero-order chi connectivity index (χ0) is 29.3. The van der Waals surface area contributed by atoms with Gasteiger partial charge in [-0.05, 0) is 42.0 Å². The summed E-state index contributed by atoms with van der Waals surface area (Å²) < 4.78 is 44.9. The fourth-order valence-electron chi connectivity index (χ4n) is 4.66. The molecule has 0 bridgehead atoms. The summed E-state index contributed by atoms with van der Waals surface area (Å²) in [6, 6.07) is 8.19. The van der Waals surface area contributed by atoms with Crippen molar-refractivity contribution in [2.75, 3.05) is 36.4 Å². The summed E-state index contributed by atoms with van der Waals surface area (Å²) in [4.78, 5) is 31.4. The number of piperazine rings is 1. The molecule has 2 aromatic carbocycles. The average Bonchev–Trinajstić information content (AvgIpc) is 3.33. The number of carbonyl (C=O) groups is 2. The maximum atomic E-state index is 15.0. The number of pyridine rings is 1. The van der Waals surface area contributed by atoms with Crippen molar-refractivity contribution in [3.05, 3.63) is 71.2 Å². The molecule has 1 aliphatic heterocycles. The molecule has 4 N–H and O–H groups in total. The van der Waals surface area contributed by atoms with E-state index in [0.29, 0.717) is 41.8 Å². The number of nitrogens with zero attached hydrogens (tertiary/aromatic N) is 4. The van der Waals surface area contributed by atoms with Crippen LogP contribution in [0.3, 0.4) is 0 Å². The zero-order valence-electron chi connectivity index (χ0n) is 22.3. The van der Waals surface area contributed by atoms with Crippen LogP contribution in [0, 0.1) is 17.5 Å². The molecule has 0 radical (unpaired) electrons. The first-order valence-electron chi connectivity index (χ1n) is 13.0. The van der Waals surface area contributed by atoms with Gasteiger partial charge in [0.25, 0.3) is 5.91 Å². The topological polar surface area (TPSA) is 126 Å². The summed E-state index contributed by atoms with van der Waals surface area (Å²) in [6.45, 7) is 5.52. The average molecular weight is 568 g/mol. The molecule has 5 rings (SSSR count). The quantitative estimate of drug-likeness (QED) is 0.257. The van der Waals surface area contributed by atoms with Crippen molar-refractivity contribution in [2.45, 2.75) is 26.4 Å². The van der Waals surface area contributed by atoms with Crippen LogP contribution < -0.4 is 15.5 Å². The number of hydrogen-bond donors (Lipinski definition) is 4. The molecule has 3 heterocycles. The summed E-state index contributed by atoms with van der Waals surface area (Å²) in [5, 5.41) is 21.9. The van der Waals surface area contributed by atoms with E-state index in [-0.39, 0.29) is 41.8 Å². The highest BCUT2D eigenvalue weighted by Crippen LogP contribution is 2.30. The molecular formula is C28H28F3N7O3. The smallest absolute Gasteiger partial charge is 0.407 e. The lowest BCUT2D eigenvalue weighted by Gasteiger charge is -2.34. The first kappa shape index (κ1) is 27.9. The molecule has 0 unspecified atom stereocenters. The van der Waals surface area contributed by atoms with Crippen molar-refractivity contribution in [1.82, 2.24) is 25.4 Å². The number of nitrogens with one attached hydrogen (secondary N) is 3. The highest BCUT2D eigenvalue weighted by molar-refractivity contribution is 6.08. The molecule has 0 spiro atoms. The Bertz CT molecular complexity index is 1590. The van der Waals surface area contributed by atoms with E-state index in [1.54, 1.807) is 6.07 Å². The number of rotatable bonds is 7. The number of carboxylic acid groups (broad SMARTS) is 1. The van der Waals surface area contributed by atoms with Crippen molar-refractivity contribution >= 4 is 34.4 Å². The number of H-pyrrole nitrogens is 1. The molecule has 214 valence electrons. The van der Waals surface area contributed by atoms with E-state index >= 15 is 0 Å². The summed E-state index contributed by atoms with van der Waals surface area (Å²) in [5.74, 6) is -3.05. The van der Waals surface area contributed by atoms with E-state index < -0.39 is 29.5 Å². The monoisotopic (exact) mass is 567 g/mol. The minimum absolute atomic E-state index is 0.00583. The minimum atomic E-state index is -1.00. The van der Waals surface area contributed by atoms with Gasteiger partial charge in [0, 0.05) is 49.8 Å². The predicted octanol–water partition coefficient (Wildman–Crippen LogP) is 4.59. The Kier molecular flexibility index (Phi) is 7.79. The maximum Gasteiger partial charge on any atom is 0.407 e. The third-order valence-electron chi connectivity index (χ3n) is 6.86. The normalized spacial score (nSPS) is 13.7. The maximum absolute atomic E-state index is 15.0. The van der Waals surface area contributed by atoms with E-state index in [1.165, 1.54) is 41.4 Å². The van der Waals surface area contributed by atoms with Crippen molar-refractivity contribution in [1.29, 1.82) is 0 Å².